The summed E-state index contributed by atoms with van der Waals surface area (Å²) in [7, 11) is 1.78. The summed E-state index contributed by atoms with van der Waals surface area (Å²) in [5.74, 6) is 2.77. The first-order valence-electron chi connectivity index (χ1n) is 8.81. The molecule has 2 aromatic rings. The fourth-order valence-electron chi connectivity index (χ4n) is 2.45. The SMILES string of the molecule is CN=C(NCCCCn1ccnc1C)NCCOc1ccc(C)cc1.I. The molecular weight excluding hydrogens is 441 g/mol. The Morgan fingerprint density at radius 1 is 1.12 bits per heavy atom. The van der Waals surface area contributed by atoms with Crippen LogP contribution in [-0.2, 0) is 6.54 Å². The van der Waals surface area contributed by atoms with Crippen LogP contribution in [0.3, 0.4) is 0 Å². The van der Waals surface area contributed by atoms with Gasteiger partial charge >= 0.3 is 0 Å². The van der Waals surface area contributed by atoms with E-state index in [0.717, 1.165) is 43.5 Å². The summed E-state index contributed by atoms with van der Waals surface area (Å²) in [4.78, 5) is 8.46. The zero-order valence-electron chi connectivity index (χ0n) is 15.9. The minimum Gasteiger partial charge on any atom is -0.492 e. The van der Waals surface area contributed by atoms with Crippen molar-refractivity contribution in [1.82, 2.24) is 20.2 Å². The van der Waals surface area contributed by atoms with E-state index in [1.54, 1.807) is 7.05 Å². The number of hydrogen-bond donors (Lipinski definition) is 2. The van der Waals surface area contributed by atoms with Gasteiger partial charge in [-0.05, 0) is 38.8 Å². The summed E-state index contributed by atoms with van der Waals surface area (Å²) in [6.45, 7) is 7.31. The van der Waals surface area contributed by atoms with Crippen LogP contribution in [0.25, 0.3) is 0 Å². The number of aryl methyl sites for hydroxylation is 3. The normalized spacial score (nSPS) is 11.0. The number of aliphatic imine (C=N–C) groups is 1. The van der Waals surface area contributed by atoms with Crippen molar-refractivity contribution >= 4 is 29.9 Å². The number of rotatable bonds is 9. The second-order valence-electron chi connectivity index (χ2n) is 5.96. The highest BCUT2D eigenvalue weighted by Gasteiger charge is 1.99. The molecule has 0 aliphatic rings. The van der Waals surface area contributed by atoms with E-state index in [1.807, 2.05) is 31.5 Å². The maximum Gasteiger partial charge on any atom is 0.191 e. The Morgan fingerprint density at radius 3 is 2.50 bits per heavy atom. The molecule has 7 heteroatoms. The third-order valence-electron chi connectivity index (χ3n) is 3.95. The highest BCUT2D eigenvalue weighted by atomic mass is 127. The molecule has 26 heavy (non-hydrogen) atoms. The largest absolute Gasteiger partial charge is 0.492 e. The second-order valence-corrected chi connectivity index (χ2v) is 5.96. The lowest BCUT2D eigenvalue weighted by Gasteiger charge is -2.13. The van der Waals surface area contributed by atoms with Gasteiger partial charge in [0.25, 0.3) is 0 Å². The molecular formula is C19H30IN5O. The molecule has 0 radical (unpaired) electrons. The average Bonchev–Trinajstić information content (AvgIpc) is 3.03. The molecule has 1 aromatic carbocycles. The fourth-order valence-corrected chi connectivity index (χ4v) is 2.45. The molecule has 1 heterocycles. The van der Waals surface area contributed by atoms with Crippen LogP contribution < -0.4 is 15.4 Å². The Bertz CT molecular complexity index is 654. The summed E-state index contributed by atoms with van der Waals surface area (Å²) in [5.41, 5.74) is 1.23. The van der Waals surface area contributed by atoms with E-state index < -0.39 is 0 Å². The number of aromatic nitrogens is 2. The van der Waals surface area contributed by atoms with Crippen molar-refractivity contribution in [2.75, 3.05) is 26.7 Å². The van der Waals surface area contributed by atoms with Crippen molar-refractivity contribution in [2.45, 2.75) is 33.2 Å². The highest BCUT2D eigenvalue weighted by molar-refractivity contribution is 14.0. The van der Waals surface area contributed by atoms with Crippen LogP contribution in [-0.4, -0.2) is 42.3 Å². The number of nitrogens with one attached hydrogen (secondary N) is 2. The van der Waals surface area contributed by atoms with Gasteiger partial charge in [-0.3, -0.25) is 4.99 Å². The molecule has 0 saturated heterocycles. The van der Waals surface area contributed by atoms with Gasteiger partial charge in [-0.1, -0.05) is 17.7 Å². The van der Waals surface area contributed by atoms with E-state index in [9.17, 15) is 0 Å². The summed E-state index contributed by atoms with van der Waals surface area (Å²) < 4.78 is 7.87. The molecule has 0 unspecified atom stereocenters. The third-order valence-corrected chi connectivity index (χ3v) is 3.95. The van der Waals surface area contributed by atoms with Gasteiger partial charge in [-0.25, -0.2) is 4.98 Å². The van der Waals surface area contributed by atoms with Crippen molar-refractivity contribution in [1.29, 1.82) is 0 Å². The standard InChI is InChI=1S/C19H29N5O.HI/c1-16-6-8-18(9-7-16)25-15-12-23-19(20-3)22-10-4-5-13-24-14-11-21-17(24)2;/h6-9,11,14H,4-5,10,12-13,15H2,1-3H3,(H2,20,22,23);1H. The number of unbranched alkanes of at least 4 members (excludes halogenated alkanes) is 1. The van der Waals surface area contributed by atoms with Gasteiger partial charge in [0.15, 0.2) is 5.96 Å². The molecule has 0 aliphatic carbocycles. The molecule has 0 bridgehead atoms. The van der Waals surface area contributed by atoms with Crippen LogP contribution >= 0.6 is 24.0 Å². The summed E-state index contributed by atoms with van der Waals surface area (Å²) in [5, 5.41) is 6.59. The Hall–Kier alpha value is -1.77. The topological polar surface area (TPSA) is 63.5 Å². The van der Waals surface area contributed by atoms with Gasteiger partial charge < -0.3 is 19.9 Å². The van der Waals surface area contributed by atoms with Gasteiger partial charge in [-0.15, -0.1) is 24.0 Å². The van der Waals surface area contributed by atoms with Crippen LogP contribution in [0, 0.1) is 13.8 Å². The monoisotopic (exact) mass is 471 g/mol. The minimum absolute atomic E-state index is 0. The van der Waals surface area contributed by atoms with E-state index in [-0.39, 0.29) is 24.0 Å². The van der Waals surface area contributed by atoms with Crippen molar-refractivity contribution in [3.63, 3.8) is 0 Å². The smallest absolute Gasteiger partial charge is 0.191 e. The second kappa shape index (κ2) is 12.6. The molecule has 144 valence electrons. The van der Waals surface area contributed by atoms with Crippen LogP contribution in [0.2, 0.25) is 0 Å². The van der Waals surface area contributed by atoms with E-state index >= 15 is 0 Å². The maximum absolute atomic E-state index is 5.70. The predicted molar refractivity (Wildman–Crippen MR) is 118 cm³/mol. The van der Waals surface area contributed by atoms with Gasteiger partial charge in [-0.2, -0.15) is 0 Å². The van der Waals surface area contributed by atoms with E-state index in [0.29, 0.717) is 13.2 Å². The number of ether oxygens (including phenoxy) is 1. The molecule has 0 spiro atoms. The van der Waals surface area contributed by atoms with Gasteiger partial charge in [0, 0.05) is 32.5 Å². The van der Waals surface area contributed by atoms with Crippen LogP contribution in [0.15, 0.2) is 41.7 Å². The summed E-state index contributed by atoms with van der Waals surface area (Å²) in [6, 6.07) is 8.08. The molecule has 2 rings (SSSR count). The van der Waals surface area contributed by atoms with Gasteiger partial charge in [0.05, 0.1) is 6.54 Å². The van der Waals surface area contributed by atoms with Crippen molar-refractivity contribution < 1.29 is 4.74 Å². The molecule has 0 fully saturated rings. The zero-order valence-corrected chi connectivity index (χ0v) is 18.2. The molecule has 0 atom stereocenters. The van der Waals surface area contributed by atoms with Crippen LogP contribution in [0.4, 0.5) is 0 Å². The Morgan fingerprint density at radius 2 is 1.85 bits per heavy atom. The molecule has 0 saturated carbocycles. The Kier molecular flexibility index (Phi) is 10.8. The minimum atomic E-state index is 0. The lowest BCUT2D eigenvalue weighted by atomic mass is 10.2. The quantitative estimate of drug-likeness (QED) is 0.255. The maximum atomic E-state index is 5.70. The molecule has 2 N–H and O–H groups in total. The Balaban J connectivity index is 0.00000338. The highest BCUT2D eigenvalue weighted by Crippen LogP contribution is 2.10. The number of hydrogen-bond acceptors (Lipinski definition) is 3. The van der Waals surface area contributed by atoms with E-state index in [2.05, 4.69) is 44.2 Å². The molecule has 1 aromatic heterocycles. The first-order chi connectivity index (χ1) is 12.2. The predicted octanol–water partition coefficient (Wildman–Crippen LogP) is 3.14. The Labute approximate surface area is 173 Å². The zero-order chi connectivity index (χ0) is 17.9. The number of benzene rings is 1. The third kappa shape index (κ3) is 8.07. The summed E-state index contributed by atoms with van der Waals surface area (Å²) >= 11 is 0. The van der Waals surface area contributed by atoms with Crippen molar-refractivity contribution in [3.05, 3.63) is 48.0 Å². The van der Waals surface area contributed by atoms with Crippen LogP contribution in [0.1, 0.15) is 24.2 Å². The fraction of sp³-hybridized carbons (Fsp3) is 0.474. The first-order valence-corrected chi connectivity index (χ1v) is 8.81. The summed E-state index contributed by atoms with van der Waals surface area (Å²) in [6.07, 6.45) is 6.06. The van der Waals surface area contributed by atoms with Gasteiger partial charge in [0.2, 0.25) is 0 Å². The van der Waals surface area contributed by atoms with Gasteiger partial charge in [0.1, 0.15) is 18.2 Å². The van der Waals surface area contributed by atoms with Crippen LogP contribution in [0.5, 0.6) is 5.75 Å². The lowest BCUT2D eigenvalue weighted by molar-refractivity contribution is 0.322. The first kappa shape index (κ1) is 22.3. The number of nitrogens with zero attached hydrogens (tertiary/aromatic N) is 3. The van der Waals surface area contributed by atoms with E-state index in [4.69, 9.17) is 4.74 Å². The number of guanidine groups is 1. The average molecular weight is 471 g/mol. The molecule has 6 nitrogen and oxygen atoms in total. The molecule has 0 aliphatic heterocycles. The lowest BCUT2D eigenvalue weighted by Crippen LogP contribution is -2.39. The number of halogens is 1. The van der Waals surface area contributed by atoms with Crippen molar-refractivity contribution in [2.24, 2.45) is 4.99 Å². The van der Waals surface area contributed by atoms with E-state index in [1.165, 1.54) is 5.56 Å². The van der Waals surface area contributed by atoms with Crippen molar-refractivity contribution in [3.8, 4) is 5.75 Å². The molecule has 0 amide bonds. The number of imidazole rings is 1.